The van der Waals surface area contributed by atoms with E-state index in [1.807, 2.05) is 0 Å². The third-order valence-electron chi connectivity index (χ3n) is 0.400. The van der Waals surface area contributed by atoms with Crippen molar-refractivity contribution in [3.05, 3.63) is 0 Å². The van der Waals surface area contributed by atoms with Gasteiger partial charge in [-0.25, -0.2) is 0 Å². The Morgan fingerprint density at radius 1 is 1.50 bits per heavy atom. The standard InChI is InChI=1S/C4H6O3.V/c1-3(5)2-4(6)7;/h2H2,1H3,(H,6,7);. The first kappa shape index (κ1) is 10.7. The van der Waals surface area contributed by atoms with Crippen molar-refractivity contribution in [1.29, 1.82) is 0 Å². The van der Waals surface area contributed by atoms with Gasteiger partial charge in [0.05, 0.1) is 0 Å². The zero-order valence-corrected chi connectivity index (χ0v) is 5.81. The van der Waals surface area contributed by atoms with Gasteiger partial charge in [0.15, 0.2) is 0 Å². The van der Waals surface area contributed by atoms with Crippen molar-refractivity contribution in [3.8, 4) is 0 Å². The molecule has 0 fully saturated rings. The van der Waals surface area contributed by atoms with Crippen LogP contribution in [-0.2, 0) is 28.1 Å². The van der Waals surface area contributed by atoms with Gasteiger partial charge in [0.2, 0.25) is 0 Å². The molecule has 0 aromatic carbocycles. The van der Waals surface area contributed by atoms with Crippen LogP contribution in [0.15, 0.2) is 0 Å². The number of ketones is 1. The topological polar surface area (TPSA) is 54.4 Å². The number of hydrogen-bond donors (Lipinski definition) is 1. The normalized spacial score (nSPS) is 7.12. The molecule has 3 nitrogen and oxygen atoms in total. The fourth-order valence-electron chi connectivity index (χ4n) is 0.213. The third kappa shape index (κ3) is 9.21. The first-order valence-electron chi connectivity index (χ1n) is 1.84. The maximum Gasteiger partial charge on any atom is 0.310 e. The van der Waals surface area contributed by atoms with E-state index in [1.54, 1.807) is 0 Å². The Hall–Kier alpha value is -0.276. The number of carbonyl (C=O) groups is 2. The van der Waals surface area contributed by atoms with Crippen LogP contribution in [0.25, 0.3) is 0 Å². The summed E-state index contributed by atoms with van der Waals surface area (Å²) in [6, 6.07) is 0. The molecule has 4 heteroatoms. The molecular weight excluding hydrogens is 147 g/mol. The first-order valence-corrected chi connectivity index (χ1v) is 1.84. The van der Waals surface area contributed by atoms with E-state index in [2.05, 4.69) is 0 Å². The van der Waals surface area contributed by atoms with E-state index in [-0.39, 0.29) is 30.8 Å². The van der Waals surface area contributed by atoms with Crippen LogP contribution in [0.5, 0.6) is 0 Å². The van der Waals surface area contributed by atoms with Crippen molar-refractivity contribution < 1.29 is 33.3 Å². The molecule has 0 atom stereocenters. The molecule has 0 unspecified atom stereocenters. The van der Waals surface area contributed by atoms with E-state index in [1.165, 1.54) is 6.92 Å². The Balaban J connectivity index is 0. The second-order valence-corrected chi connectivity index (χ2v) is 1.27. The van der Waals surface area contributed by atoms with Crippen LogP contribution in [0.2, 0.25) is 0 Å². The molecule has 0 aromatic rings. The summed E-state index contributed by atoms with van der Waals surface area (Å²) in [6.07, 6.45) is -0.361. The number of rotatable bonds is 2. The van der Waals surface area contributed by atoms with Crippen molar-refractivity contribution >= 4 is 11.8 Å². The van der Waals surface area contributed by atoms with Crippen molar-refractivity contribution in [3.63, 3.8) is 0 Å². The zero-order chi connectivity index (χ0) is 5.86. The molecule has 0 amide bonds. The van der Waals surface area contributed by atoms with Gasteiger partial charge >= 0.3 is 5.97 Å². The Kier molecular flexibility index (Phi) is 6.49. The fourth-order valence-corrected chi connectivity index (χ4v) is 0.213. The molecule has 8 heavy (non-hydrogen) atoms. The number of aliphatic carboxylic acids is 1. The molecule has 0 bridgehead atoms. The Morgan fingerprint density at radius 3 is 1.88 bits per heavy atom. The quantitative estimate of drug-likeness (QED) is 0.570. The third-order valence-corrected chi connectivity index (χ3v) is 0.400. The van der Waals surface area contributed by atoms with E-state index >= 15 is 0 Å². The van der Waals surface area contributed by atoms with Gasteiger partial charge in [0, 0.05) is 18.6 Å². The molecular formula is C4H6O3V. The van der Waals surface area contributed by atoms with Gasteiger partial charge in [-0.05, 0) is 6.92 Å². The minimum absolute atomic E-state index is 0. The van der Waals surface area contributed by atoms with Crippen molar-refractivity contribution in [1.82, 2.24) is 0 Å². The van der Waals surface area contributed by atoms with Gasteiger partial charge in [-0.1, -0.05) is 0 Å². The first-order chi connectivity index (χ1) is 3.13. The number of Topliss-reactive ketones (excluding diaryl/α,β-unsaturated/α-hetero) is 1. The number of carbonyl (C=O) groups excluding carboxylic acids is 1. The molecule has 1 N–H and O–H groups in total. The van der Waals surface area contributed by atoms with Gasteiger partial charge in [-0.3, -0.25) is 9.59 Å². The maximum atomic E-state index is 9.87. The van der Waals surface area contributed by atoms with Gasteiger partial charge in [-0.2, -0.15) is 0 Å². The smallest absolute Gasteiger partial charge is 0.310 e. The van der Waals surface area contributed by atoms with Crippen molar-refractivity contribution in [2.24, 2.45) is 0 Å². The number of hydrogen-bond acceptors (Lipinski definition) is 2. The number of carboxylic acids is 1. The van der Waals surface area contributed by atoms with Gasteiger partial charge < -0.3 is 5.11 Å². The summed E-state index contributed by atoms with van der Waals surface area (Å²) in [5.41, 5.74) is 0. The minimum Gasteiger partial charge on any atom is -0.481 e. The Morgan fingerprint density at radius 2 is 1.88 bits per heavy atom. The summed E-state index contributed by atoms with van der Waals surface area (Å²) in [5, 5.41) is 7.86. The SMILES string of the molecule is CC(=O)CC(=O)O.[V]. The molecule has 0 spiro atoms. The molecule has 0 aliphatic rings. The van der Waals surface area contributed by atoms with E-state index < -0.39 is 5.97 Å². The molecule has 0 aliphatic carbocycles. The van der Waals surface area contributed by atoms with Crippen molar-refractivity contribution in [2.75, 3.05) is 0 Å². The summed E-state index contributed by atoms with van der Waals surface area (Å²) < 4.78 is 0. The summed E-state index contributed by atoms with van der Waals surface area (Å²) in [7, 11) is 0. The second-order valence-electron chi connectivity index (χ2n) is 1.27. The van der Waals surface area contributed by atoms with Crippen LogP contribution >= 0.6 is 0 Å². The molecule has 1 radical (unpaired) electrons. The van der Waals surface area contributed by atoms with E-state index in [9.17, 15) is 9.59 Å². The van der Waals surface area contributed by atoms with Crippen molar-refractivity contribution in [2.45, 2.75) is 13.3 Å². The average molecular weight is 153 g/mol. The van der Waals surface area contributed by atoms with Crippen LogP contribution < -0.4 is 0 Å². The van der Waals surface area contributed by atoms with E-state index in [0.717, 1.165) is 0 Å². The van der Waals surface area contributed by atoms with E-state index in [0.29, 0.717) is 0 Å². The van der Waals surface area contributed by atoms with Gasteiger partial charge in [0.1, 0.15) is 12.2 Å². The van der Waals surface area contributed by atoms with Crippen LogP contribution in [-0.4, -0.2) is 16.9 Å². The molecule has 0 saturated heterocycles. The maximum absolute atomic E-state index is 9.87. The fraction of sp³-hybridized carbons (Fsp3) is 0.500. The summed E-state index contributed by atoms with van der Waals surface area (Å²) in [4.78, 5) is 19.5. The Labute approximate surface area is 59.0 Å². The molecule has 0 heterocycles. The van der Waals surface area contributed by atoms with Crippen LogP contribution in [0.1, 0.15) is 13.3 Å². The monoisotopic (exact) mass is 153 g/mol. The molecule has 0 saturated carbocycles. The largest absolute Gasteiger partial charge is 0.481 e. The second kappa shape index (κ2) is 4.87. The zero-order valence-electron chi connectivity index (χ0n) is 4.42. The molecule has 0 rings (SSSR count). The summed E-state index contributed by atoms with van der Waals surface area (Å²) in [6.45, 7) is 1.24. The predicted octanol–water partition coefficient (Wildman–Crippen LogP) is 0.0476. The molecule has 0 aliphatic heterocycles. The van der Waals surface area contributed by atoms with Gasteiger partial charge in [-0.15, -0.1) is 0 Å². The van der Waals surface area contributed by atoms with Gasteiger partial charge in [0.25, 0.3) is 0 Å². The van der Waals surface area contributed by atoms with E-state index in [4.69, 9.17) is 5.11 Å². The summed E-state index contributed by atoms with van der Waals surface area (Å²) >= 11 is 0. The van der Waals surface area contributed by atoms with Crippen LogP contribution in [0, 0.1) is 0 Å². The van der Waals surface area contributed by atoms with Crippen LogP contribution in [0.4, 0.5) is 0 Å². The summed E-state index contributed by atoms with van der Waals surface area (Å²) in [5.74, 6) is -1.37. The molecule has 0 aromatic heterocycles. The minimum atomic E-state index is -1.06. The van der Waals surface area contributed by atoms with Crippen LogP contribution in [0.3, 0.4) is 0 Å². The number of carboxylic acid groups (broad SMARTS) is 1. The Bertz CT molecular complexity index is 87.5. The predicted molar refractivity (Wildman–Crippen MR) is 22.9 cm³/mol. The average Bonchev–Trinajstić information content (AvgIpc) is 1.27. The molecule has 45 valence electrons.